The van der Waals surface area contributed by atoms with Crippen molar-refractivity contribution in [3.8, 4) is 0 Å². The quantitative estimate of drug-likeness (QED) is 0.639. The van der Waals surface area contributed by atoms with Crippen molar-refractivity contribution in [3.63, 3.8) is 0 Å². The van der Waals surface area contributed by atoms with E-state index in [2.05, 4.69) is 23.6 Å². The molecule has 13 heavy (non-hydrogen) atoms. The molecule has 2 heteroatoms. The van der Waals surface area contributed by atoms with Gasteiger partial charge in [-0.15, -0.1) is 0 Å². The summed E-state index contributed by atoms with van der Waals surface area (Å²) in [5.74, 6) is 0. The van der Waals surface area contributed by atoms with E-state index in [9.17, 15) is 0 Å². The number of nitrogens with two attached hydrogens (primary N) is 1. The van der Waals surface area contributed by atoms with Crippen molar-refractivity contribution < 1.29 is 0 Å². The summed E-state index contributed by atoms with van der Waals surface area (Å²) in [6, 6.07) is 8.05. The lowest BCUT2D eigenvalue weighted by Crippen LogP contribution is -2.13. The van der Waals surface area contributed by atoms with Gasteiger partial charge in [0.15, 0.2) is 0 Å². The van der Waals surface area contributed by atoms with Crippen molar-refractivity contribution in [1.29, 1.82) is 0 Å². The van der Waals surface area contributed by atoms with Crippen LogP contribution in [0, 0.1) is 0 Å². The van der Waals surface area contributed by atoms with Crippen LogP contribution in [0.4, 0.5) is 5.69 Å². The van der Waals surface area contributed by atoms with Crippen LogP contribution in [0.15, 0.2) is 30.5 Å². The van der Waals surface area contributed by atoms with E-state index in [1.54, 1.807) is 0 Å². The van der Waals surface area contributed by atoms with Gasteiger partial charge in [0.05, 0.1) is 0 Å². The number of hydrogen-bond donors (Lipinski definition) is 2. The molecule has 1 aliphatic heterocycles. The third-order valence-corrected chi connectivity index (χ3v) is 2.32. The molecule has 1 aliphatic rings. The summed E-state index contributed by atoms with van der Waals surface area (Å²) in [4.78, 5) is 0. The Bertz CT molecular complexity index is 311. The Kier molecular flexibility index (Phi) is 2.21. The number of rotatable bonds is 1. The fourth-order valence-corrected chi connectivity index (χ4v) is 1.57. The average Bonchev–Trinajstić information content (AvgIpc) is 2.20. The van der Waals surface area contributed by atoms with Crippen molar-refractivity contribution in [2.75, 3.05) is 12.3 Å². The van der Waals surface area contributed by atoms with Crippen molar-refractivity contribution in [2.45, 2.75) is 12.8 Å². The fourth-order valence-electron chi connectivity index (χ4n) is 1.57. The van der Waals surface area contributed by atoms with E-state index < -0.39 is 0 Å². The van der Waals surface area contributed by atoms with E-state index in [4.69, 9.17) is 5.73 Å². The Hall–Kier alpha value is -1.44. The lowest BCUT2D eigenvalue weighted by Gasteiger charge is -2.14. The summed E-state index contributed by atoms with van der Waals surface area (Å²) in [6.45, 7) is 1.10. The van der Waals surface area contributed by atoms with E-state index >= 15 is 0 Å². The Labute approximate surface area is 78.5 Å². The summed E-state index contributed by atoms with van der Waals surface area (Å²) in [6.07, 6.45) is 4.49. The van der Waals surface area contributed by atoms with Gasteiger partial charge in [-0.2, -0.15) is 0 Å². The van der Waals surface area contributed by atoms with E-state index in [0.717, 1.165) is 18.7 Å². The van der Waals surface area contributed by atoms with Crippen LogP contribution < -0.4 is 11.1 Å². The maximum atomic E-state index is 5.62. The first kappa shape index (κ1) is 8.17. The monoisotopic (exact) mass is 174 g/mol. The standard InChI is InChI=1S/C11H14N2/c12-11-5-3-9(4-6-11)10-2-1-7-13-8-10/h3-6,8,13H,1-2,7,12H2. The maximum Gasteiger partial charge on any atom is 0.0314 e. The maximum absolute atomic E-state index is 5.62. The van der Waals surface area contributed by atoms with Crippen molar-refractivity contribution in [3.05, 3.63) is 36.0 Å². The average molecular weight is 174 g/mol. The highest BCUT2D eigenvalue weighted by molar-refractivity contribution is 5.67. The van der Waals surface area contributed by atoms with E-state index in [0.29, 0.717) is 0 Å². The summed E-state index contributed by atoms with van der Waals surface area (Å²) in [5.41, 5.74) is 9.11. The predicted molar refractivity (Wildman–Crippen MR) is 56.1 cm³/mol. The molecule has 0 fully saturated rings. The molecule has 0 radical (unpaired) electrons. The van der Waals surface area contributed by atoms with Crippen LogP contribution in [0.3, 0.4) is 0 Å². The van der Waals surface area contributed by atoms with Crippen molar-refractivity contribution in [2.24, 2.45) is 0 Å². The summed E-state index contributed by atoms with van der Waals surface area (Å²) >= 11 is 0. The summed E-state index contributed by atoms with van der Waals surface area (Å²) in [7, 11) is 0. The van der Waals surface area contributed by atoms with Gasteiger partial charge in [-0.3, -0.25) is 0 Å². The van der Waals surface area contributed by atoms with Crippen molar-refractivity contribution >= 4 is 11.3 Å². The number of nitrogens with one attached hydrogen (secondary N) is 1. The number of benzene rings is 1. The van der Waals surface area contributed by atoms with E-state index in [-0.39, 0.29) is 0 Å². The molecule has 2 nitrogen and oxygen atoms in total. The zero-order chi connectivity index (χ0) is 9.10. The first-order chi connectivity index (χ1) is 6.36. The van der Waals surface area contributed by atoms with Gasteiger partial charge < -0.3 is 11.1 Å². The van der Waals surface area contributed by atoms with Gasteiger partial charge >= 0.3 is 0 Å². The minimum absolute atomic E-state index is 0.827. The molecule has 0 aromatic heterocycles. The number of anilines is 1. The van der Waals surface area contributed by atoms with Gasteiger partial charge in [-0.1, -0.05) is 12.1 Å². The van der Waals surface area contributed by atoms with Gasteiger partial charge in [-0.05, 0) is 36.1 Å². The molecule has 0 spiro atoms. The van der Waals surface area contributed by atoms with Crippen LogP contribution in [-0.2, 0) is 0 Å². The minimum atomic E-state index is 0.827. The van der Waals surface area contributed by atoms with E-state index in [1.807, 2.05) is 12.1 Å². The summed E-state index contributed by atoms with van der Waals surface area (Å²) < 4.78 is 0. The molecule has 0 saturated carbocycles. The Balaban J connectivity index is 2.24. The first-order valence-corrected chi connectivity index (χ1v) is 4.64. The molecular formula is C11H14N2. The minimum Gasteiger partial charge on any atom is -0.399 e. The fraction of sp³-hybridized carbons (Fsp3) is 0.273. The molecule has 0 aliphatic carbocycles. The molecule has 68 valence electrons. The van der Waals surface area contributed by atoms with Crippen LogP contribution in [0.2, 0.25) is 0 Å². The summed E-state index contributed by atoms with van der Waals surface area (Å²) in [5, 5.41) is 3.25. The molecule has 0 amide bonds. The first-order valence-electron chi connectivity index (χ1n) is 4.64. The largest absolute Gasteiger partial charge is 0.399 e. The number of allylic oxidation sites excluding steroid dienone is 1. The van der Waals surface area contributed by atoms with Crippen LogP contribution in [0.5, 0.6) is 0 Å². The third-order valence-electron chi connectivity index (χ3n) is 2.32. The van der Waals surface area contributed by atoms with Crippen LogP contribution in [0.25, 0.3) is 5.57 Å². The van der Waals surface area contributed by atoms with Crippen LogP contribution in [-0.4, -0.2) is 6.54 Å². The third kappa shape index (κ3) is 1.83. The Morgan fingerprint density at radius 3 is 2.54 bits per heavy atom. The normalized spacial score (nSPS) is 16.2. The molecule has 1 heterocycles. The zero-order valence-electron chi connectivity index (χ0n) is 7.59. The lowest BCUT2D eigenvalue weighted by atomic mass is 10.00. The number of nitrogen functional groups attached to an aromatic ring is 1. The molecule has 3 N–H and O–H groups in total. The highest BCUT2D eigenvalue weighted by atomic mass is 14.8. The highest BCUT2D eigenvalue weighted by Gasteiger charge is 2.04. The molecule has 1 aromatic rings. The Morgan fingerprint density at radius 1 is 1.15 bits per heavy atom. The second-order valence-corrected chi connectivity index (χ2v) is 3.35. The molecule has 0 atom stereocenters. The smallest absolute Gasteiger partial charge is 0.0314 e. The molecule has 0 saturated heterocycles. The number of hydrogen-bond acceptors (Lipinski definition) is 2. The van der Waals surface area contributed by atoms with Gasteiger partial charge in [0.25, 0.3) is 0 Å². The highest BCUT2D eigenvalue weighted by Crippen LogP contribution is 2.21. The van der Waals surface area contributed by atoms with Gasteiger partial charge in [0.1, 0.15) is 0 Å². The molecule has 0 unspecified atom stereocenters. The van der Waals surface area contributed by atoms with Crippen LogP contribution in [0.1, 0.15) is 18.4 Å². The topological polar surface area (TPSA) is 38.0 Å². The van der Waals surface area contributed by atoms with Gasteiger partial charge in [-0.25, -0.2) is 0 Å². The Morgan fingerprint density at radius 2 is 1.92 bits per heavy atom. The zero-order valence-corrected chi connectivity index (χ0v) is 7.59. The SMILES string of the molecule is Nc1ccc(C2=CNCCC2)cc1. The van der Waals surface area contributed by atoms with Gasteiger partial charge in [0, 0.05) is 18.4 Å². The molecule has 0 bridgehead atoms. The lowest BCUT2D eigenvalue weighted by molar-refractivity contribution is 0.740. The van der Waals surface area contributed by atoms with Gasteiger partial charge in [0.2, 0.25) is 0 Å². The van der Waals surface area contributed by atoms with E-state index in [1.165, 1.54) is 17.6 Å². The second kappa shape index (κ2) is 3.52. The molecule has 1 aromatic carbocycles. The second-order valence-electron chi connectivity index (χ2n) is 3.35. The predicted octanol–water partition coefficient (Wildman–Crippen LogP) is 1.99. The molecule has 2 rings (SSSR count). The van der Waals surface area contributed by atoms with Crippen LogP contribution >= 0.6 is 0 Å². The van der Waals surface area contributed by atoms with Crippen molar-refractivity contribution in [1.82, 2.24) is 5.32 Å². The molecular weight excluding hydrogens is 160 g/mol.